The van der Waals surface area contributed by atoms with Gasteiger partial charge in [-0.05, 0) is 48.5 Å². The summed E-state index contributed by atoms with van der Waals surface area (Å²) in [5.74, 6) is -2.64. The second kappa shape index (κ2) is 15.2. The SMILES string of the molecule is CSCCC(NC(=O)C(N)CC(C)C)C(=O)NC(CO)C(=O)NC(Cc1ccc(O)cc1)C(=O)O. The number of phenolic OH excluding ortho intramolecular Hbond substituents is 1. The molecule has 4 atom stereocenters. The summed E-state index contributed by atoms with van der Waals surface area (Å²) in [4.78, 5) is 49.6. The largest absolute Gasteiger partial charge is 0.508 e. The summed E-state index contributed by atoms with van der Waals surface area (Å²) in [5.41, 5.74) is 6.46. The highest BCUT2D eigenvalue weighted by molar-refractivity contribution is 7.98. The Hall–Kier alpha value is -2.83. The Labute approximate surface area is 209 Å². The van der Waals surface area contributed by atoms with Crippen LogP contribution in [-0.4, -0.2) is 81.8 Å². The van der Waals surface area contributed by atoms with E-state index >= 15 is 0 Å². The van der Waals surface area contributed by atoms with E-state index in [2.05, 4.69) is 16.0 Å². The van der Waals surface area contributed by atoms with E-state index in [4.69, 9.17) is 5.73 Å². The van der Waals surface area contributed by atoms with Gasteiger partial charge in [0.2, 0.25) is 17.7 Å². The first-order valence-electron chi connectivity index (χ1n) is 11.3. The van der Waals surface area contributed by atoms with Crippen LogP contribution in [0.4, 0.5) is 0 Å². The number of benzene rings is 1. The Morgan fingerprint density at radius 1 is 0.943 bits per heavy atom. The first-order chi connectivity index (χ1) is 16.5. The van der Waals surface area contributed by atoms with Gasteiger partial charge < -0.3 is 37.0 Å². The van der Waals surface area contributed by atoms with E-state index in [1.807, 2.05) is 20.1 Å². The number of aliphatic carboxylic acids is 1. The van der Waals surface area contributed by atoms with Crippen LogP contribution in [-0.2, 0) is 25.6 Å². The van der Waals surface area contributed by atoms with E-state index in [0.717, 1.165) is 0 Å². The molecule has 0 aromatic heterocycles. The summed E-state index contributed by atoms with van der Waals surface area (Å²) in [6.45, 7) is 3.06. The van der Waals surface area contributed by atoms with Crippen LogP contribution in [0.3, 0.4) is 0 Å². The molecule has 0 radical (unpaired) electrons. The number of hydrogen-bond donors (Lipinski definition) is 7. The number of carbonyl (C=O) groups excluding carboxylic acids is 3. The zero-order chi connectivity index (χ0) is 26.5. The van der Waals surface area contributed by atoms with Gasteiger partial charge in [-0.3, -0.25) is 14.4 Å². The summed E-state index contributed by atoms with van der Waals surface area (Å²) in [6, 6.07) is 1.28. The Balaban J connectivity index is 2.85. The van der Waals surface area contributed by atoms with E-state index in [1.165, 1.54) is 36.0 Å². The lowest BCUT2D eigenvalue weighted by Crippen LogP contribution is -2.58. The zero-order valence-electron chi connectivity index (χ0n) is 20.2. The van der Waals surface area contributed by atoms with Crippen molar-refractivity contribution < 1.29 is 34.5 Å². The van der Waals surface area contributed by atoms with Crippen molar-refractivity contribution in [1.29, 1.82) is 0 Å². The molecule has 0 aliphatic heterocycles. The number of rotatable bonds is 15. The average molecular weight is 513 g/mol. The standard InChI is InChI=1S/C23H36N4O7S/c1-13(2)10-16(24)20(30)25-17(8-9-35-3)21(31)27-19(12-28)22(32)26-18(23(33)34)11-14-4-6-15(29)7-5-14/h4-7,13,16-19,28-29H,8-12,24H2,1-3H3,(H,25,30)(H,26,32)(H,27,31)(H,33,34). The average Bonchev–Trinajstić information content (AvgIpc) is 2.79. The molecule has 0 bridgehead atoms. The van der Waals surface area contributed by atoms with Gasteiger partial charge in [-0.2, -0.15) is 11.8 Å². The van der Waals surface area contributed by atoms with Crippen LogP contribution in [0.5, 0.6) is 5.75 Å². The molecule has 0 heterocycles. The third kappa shape index (κ3) is 11.0. The molecule has 11 nitrogen and oxygen atoms in total. The van der Waals surface area contributed by atoms with Crippen molar-refractivity contribution in [3.8, 4) is 5.75 Å². The first-order valence-corrected chi connectivity index (χ1v) is 12.6. The van der Waals surface area contributed by atoms with Crippen molar-refractivity contribution in [3.63, 3.8) is 0 Å². The van der Waals surface area contributed by atoms with Crippen molar-refractivity contribution in [1.82, 2.24) is 16.0 Å². The predicted molar refractivity (Wildman–Crippen MR) is 133 cm³/mol. The molecule has 0 spiro atoms. The molecule has 1 rings (SSSR count). The van der Waals surface area contributed by atoms with E-state index < -0.39 is 54.5 Å². The summed E-state index contributed by atoms with van der Waals surface area (Å²) < 4.78 is 0. The zero-order valence-corrected chi connectivity index (χ0v) is 21.0. The second-order valence-corrected chi connectivity index (χ2v) is 9.58. The molecule has 0 fully saturated rings. The number of carbonyl (C=O) groups is 4. The number of aliphatic hydroxyl groups is 1. The maximum Gasteiger partial charge on any atom is 0.326 e. The smallest absolute Gasteiger partial charge is 0.326 e. The first kappa shape index (κ1) is 30.2. The van der Waals surface area contributed by atoms with Crippen LogP contribution in [0.2, 0.25) is 0 Å². The molecule has 12 heteroatoms. The van der Waals surface area contributed by atoms with Gasteiger partial charge in [0.25, 0.3) is 0 Å². The van der Waals surface area contributed by atoms with E-state index in [9.17, 15) is 34.5 Å². The van der Waals surface area contributed by atoms with Gasteiger partial charge in [0, 0.05) is 6.42 Å². The fraction of sp³-hybridized carbons (Fsp3) is 0.565. The summed E-state index contributed by atoms with van der Waals surface area (Å²) >= 11 is 1.47. The topological polar surface area (TPSA) is 191 Å². The molecule has 0 saturated carbocycles. The molecule has 8 N–H and O–H groups in total. The van der Waals surface area contributed by atoms with E-state index in [1.54, 1.807) is 0 Å². The number of nitrogens with two attached hydrogens (primary N) is 1. The monoisotopic (exact) mass is 512 g/mol. The lowest BCUT2D eigenvalue weighted by Gasteiger charge is -2.24. The molecule has 1 aromatic rings. The Morgan fingerprint density at radius 2 is 1.49 bits per heavy atom. The number of hydrogen-bond acceptors (Lipinski definition) is 8. The summed E-state index contributed by atoms with van der Waals surface area (Å²) in [5, 5.41) is 35.8. The number of carboxylic acids is 1. The Kier molecular flexibility index (Phi) is 13.1. The van der Waals surface area contributed by atoms with Crippen LogP contribution in [0.1, 0.15) is 32.3 Å². The number of carboxylic acid groups (broad SMARTS) is 1. The van der Waals surface area contributed by atoms with Crippen LogP contribution in [0.15, 0.2) is 24.3 Å². The molecular weight excluding hydrogens is 476 g/mol. The van der Waals surface area contributed by atoms with Gasteiger partial charge in [0.15, 0.2) is 0 Å². The highest BCUT2D eigenvalue weighted by Gasteiger charge is 2.30. The lowest BCUT2D eigenvalue weighted by atomic mass is 10.0. The van der Waals surface area contributed by atoms with Crippen LogP contribution >= 0.6 is 11.8 Å². The van der Waals surface area contributed by atoms with E-state index in [-0.39, 0.29) is 24.5 Å². The molecule has 4 unspecified atom stereocenters. The van der Waals surface area contributed by atoms with Crippen LogP contribution in [0.25, 0.3) is 0 Å². The van der Waals surface area contributed by atoms with Gasteiger partial charge in [-0.1, -0.05) is 26.0 Å². The number of aliphatic hydroxyl groups excluding tert-OH is 1. The van der Waals surface area contributed by atoms with Crippen molar-refractivity contribution in [2.75, 3.05) is 18.6 Å². The van der Waals surface area contributed by atoms with Gasteiger partial charge in [0.1, 0.15) is 23.9 Å². The fourth-order valence-electron chi connectivity index (χ4n) is 3.20. The molecule has 0 aliphatic carbocycles. The van der Waals surface area contributed by atoms with Crippen molar-refractivity contribution in [3.05, 3.63) is 29.8 Å². The van der Waals surface area contributed by atoms with E-state index in [0.29, 0.717) is 17.7 Å². The normalized spacial score (nSPS) is 14.5. The minimum atomic E-state index is -1.43. The number of nitrogens with one attached hydrogen (secondary N) is 3. The Morgan fingerprint density at radius 3 is 2.00 bits per heavy atom. The maximum absolute atomic E-state index is 12.8. The predicted octanol–water partition coefficient (Wildman–Crippen LogP) is -0.407. The third-order valence-electron chi connectivity index (χ3n) is 5.11. The van der Waals surface area contributed by atoms with Gasteiger partial charge in [0.05, 0.1) is 12.6 Å². The number of amides is 3. The molecule has 35 heavy (non-hydrogen) atoms. The summed E-state index contributed by atoms with van der Waals surface area (Å²) in [7, 11) is 0. The number of aromatic hydroxyl groups is 1. The molecule has 196 valence electrons. The van der Waals surface area contributed by atoms with Gasteiger partial charge >= 0.3 is 5.97 Å². The van der Waals surface area contributed by atoms with Crippen LogP contribution < -0.4 is 21.7 Å². The quantitative estimate of drug-likeness (QED) is 0.164. The molecule has 0 saturated heterocycles. The molecule has 1 aromatic carbocycles. The third-order valence-corrected chi connectivity index (χ3v) is 5.76. The second-order valence-electron chi connectivity index (χ2n) is 8.59. The van der Waals surface area contributed by atoms with Crippen LogP contribution in [0, 0.1) is 5.92 Å². The van der Waals surface area contributed by atoms with Crippen molar-refractivity contribution in [2.24, 2.45) is 11.7 Å². The molecule has 3 amide bonds. The number of thioether (sulfide) groups is 1. The highest BCUT2D eigenvalue weighted by atomic mass is 32.2. The van der Waals surface area contributed by atoms with Gasteiger partial charge in [-0.15, -0.1) is 0 Å². The fourth-order valence-corrected chi connectivity index (χ4v) is 3.68. The highest BCUT2D eigenvalue weighted by Crippen LogP contribution is 2.12. The van der Waals surface area contributed by atoms with Crippen molar-refractivity contribution >= 4 is 35.5 Å². The number of phenols is 1. The Bertz CT molecular complexity index is 851. The molecular formula is C23H36N4O7S. The van der Waals surface area contributed by atoms with Gasteiger partial charge in [-0.25, -0.2) is 4.79 Å². The summed E-state index contributed by atoms with van der Waals surface area (Å²) in [6.07, 6.45) is 2.46. The lowest BCUT2D eigenvalue weighted by molar-refractivity contribution is -0.142. The minimum Gasteiger partial charge on any atom is -0.508 e. The minimum absolute atomic E-state index is 0.0148. The molecule has 0 aliphatic rings. The van der Waals surface area contributed by atoms with Crippen molar-refractivity contribution in [2.45, 2.75) is 57.3 Å². The maximum atomic E-state index is 12.8.